The van der Waals surface area contributed by atoms with Crippen LogP contribution >= 0.6 is 0 Å². The van der Waals surface area contributed by atoms with Gasteiger partial charge < -0.3 is 15.6 Å². The maximum absolute atomic E-state index is 14.9. The molecule has 3 atom stereocenters. The lowest BCUT2D eigenvalue weighted by Crippen LogP contribution is -2.44. The molecule has 0 saturated heterocycles. The summed E-state index contributed by atoms with van der Waals surface area (Å²) in [4.78, 5) is 20.4. The average molecular weight is 371 g/mol. The molecule has 0 fully saturated rings. The van der Waals surface area contributed by atoms with E-state index in [-0.39, 0.29) is 35.2 Å². The van der Waals surface area contributed by atoms with Crippen LogP contribution in [0.5, 0.6) is 0 Å². The van der Waals surface area contributed by atoms with E-state index in [0.717, 1.165) is 6.07 Å². The number of carbonyl (C=O) groups excluding carboxylic acids is 1. The summed E-state index contributed by atoms with van der Waals surface area (Å²) in [7, 11) is 1.67. The molecule has 3 N–H and O–H groups in total. The molecule has 0 aliphatic carbocycles. The summed E-state index contributed by atoms with van der Waals surface area (Å²) >= 11 is 0. The first-order valence-corrected chi connectivity index (χ1v) is 8.34. The fourth-order valence-corrected chi connectivity index (χ4v) is 3.08. The van der Waals surface area contributed by atoms with Crippen molar-refractivity contribution in [2.24, 2.45) is 23.7 Å². The lowest BCUT2D eigenvalue weighted by molar-refractivity contribution is 0.101. The number of amides is 1. The number of aromatic nitrogens is 2. The molecule has 1 aliphatic heterocycles. The number of nitrogens with zero attached hydrogens (tertiary/aromatic N) is 3. The zero-order valence-corrected chi connectivity index (χ0v) is 14.9. The van der Waals surface area contributed by atoms with Crippen LogP contribution in [0.15, 0.2) is 35.6 Å². The Hall–Kier alpha value is -3.21. The molecule has 0 radical (unpaired) electrons. The number of aliphatic imine (C=N–C) groups is 1. The Labute approximate surface area is 155 Å². The zero-order valence-electron chi connectivity index (χ0n) is 14.9. The molecule has 8 heteroatoms. The molecule has 1 aromatic heterocycles. The topological polar surface area (TPSA) is 85.3 Å². The van der Waals surface area contributed by atoms with E-state index in [1.165, 1.54) is 22.9 Å². The smallest absolute Gasteiger partial charge is 0.291 e. The predicted octanol–water partition coefficient (Wildman–Crippen LogP) is 2.38. The van der Waals surface area contributed by atoms with Gasteiger partial charge in [0.05, 0.1) is 5.84 Å². The number of benzene rings is 1. The number of imidazole rings is 1. The van der Waals surface area contributed by atoms with Gasteiger partial charge in [-0.05, 0) is 24.6 Å². The van der Waals surface area contributed by atoms with Crippen LogP contribution in [0.2, 0.25) is 0 Å². The number of hydrogen-bond acceptors (Lipinski definition) is 4. The Kier molecular flexibility index (Phi) is 4.70. The number of rotatable bonds is 3. The first kappa shape index (κ1) is 18.6. The van der Waals surface area contributed by atoms with Crippen LogP contribution in [-0.2, 0) is 12.6 Å². The van der Waals surface area contributed by atoms with E-state index in [9.17, 15) is 13.6 Å². The highest BCUT2D eigenvalue weighted by molar-refractivity contribution is 6.01. The normalized spacial score (nSPS) is 24.8. The third kappa shape index (κ3) is 3.16. The van der Waals surface area contributed by atoms with E-state index >= 15 is 0 Å². The number of halogens is 2. The molecular formula is C19H19F2N5O. The minimum Gasteiger partial charge on any atom is -0.387 e. The number of nitrogens with two attached hydrogens (primary N) is 1. The molecule has 1 aromatic carbocycles. The van der Waals surface area contributed by atoms with E-state index in [1.807, 2.05) is 0 Å². The molecule has 0 bridgehead atoms. The number of anilines is 1. The first-order chi connectivity index (χ1) is 12.8. The van der Waals surface area contributed by atoms with Crippen molar-refractivity contribution in [1.82, 2.24) is 9.55 Å². The van der Waals surface area contributed by atoms with Gasteiger partial charge in [-0.15, -0.1) is 6.42 Å². The van der Waals surface area contributed by atoms with Gasteiger partial charge in [0.15, 0.2) is 11.4 Å². The highest BCUT2D eigenvalue weighted by atomic mass is 19.1. The van der Waals surface area contributed by atoms with Crippen LogP contribution in [0, 0.1) is 24.1 Å². The fraction of sp³-hybridized carbons (Fsp3) is 0.316. The maximum Gasteiger partial charge on any atom is 0.291 e. The van der Waals surface area contributed by atoms with E-state index < -0.39 is 23.4 Å². The summed E-state index contributed by atoms with van der Waals surface area (Å²) in [5.74, 6) is 1.11. The summed E-state index contributed by atoms with van der Waals surface area (Å²) in [6, 6.07) is 3.75. The molecule has 2 heterocycles. The van der Waals surface area contributed by atoms with Crippen LogP contribution in [0.1, 0.15) is 29.5 Å². The van der Waals surface area contributed by atoms with Gasteiger partial charge in [0.2, 0.25) is 0 Å². The van der Waals surface area contributed by atoms with Crippen LogP contribution in [-0.4, -0.2) is 27.5 Å². The third-order valence-electron chi connectivity index (χ3n) is 4.70. The van der Waals surface area contributed by atoms with Crippen LogP contribution in [0.25, 0.3) is 0 Å². The summed E-state index contributed by atoms with van der Waals surface area (Å²) in [6.07, 6.45) is 7.08. The largest absolute Gasteiger partial charge is 0.387 e. The van der Waals surface area contributed by atoms with Crippen molar-refractivity contribution in [3.63, 3.8) is 0 Å². The van der Waals surface area contributed by atoms with Crippen LogP contribution in [0.4, 0.5) is 14.5 Å². The molecule has 1 amide bonds. The number of aryl methyl sites for hydroxylation is 1. The van der Waals surface area contributed by atoms with Crippen molar-refractivity contribution in [3.8, 4) is 12.3 Å². The third-order valence-corrected chi connectivity index (χ3v) is 4.70. The highest BCUT2D eigenvalue weighted by Gasteiger charge is 2.46. The van der Waals surface area contributed by atoms with Gasteiger partial charge >= 0.3 is 0 Å². The first-order valence-electron chi connectivity index (χ1n) is 8.34. The van der Waals surface area contributed by atoms with E-state index in [1.54, 1.807) is 20.2 Å². The van der Waals surface area contributed by atoms with E-state index in [4.69, 9.17) is 12.2 Å². The van der Waals surface area contributed by atoms with Gasteiger partial charge in [-0.1, -0.05) is 12.8 Å². The van der Waals surface area contributed by atoms with Crippen LogP contribution in [0.3, 0.4) is 0 Å². The van der Waals surface area contributed by atoms with Gasteiger partial charge in [-0.25, -0.2) is 18.8 Å². The van der Waals surface area contributed by atoms with Crippen molar-refractivity contribution in [2.75, 3.05) is 5.32 Å². The SMILES string of the molecule is C#C[C@]1(c2cc(NC(=O)c3nccn3C)ccc2F)N=C(N)[C@@H](C)C[C@@H]1F. The van der Waals surface area contributed by atoms with E-state index in [0.29, 0.717) is 0 Å². The fourth-order valence-electron chi connectivity index (χ4n) is 3.08. The van der Waals surface area contributed by atoms with Crippen LogP contribution < -0.4 is 11.1 Å². The molecule has 140 valence electrons. The minimum atomic E-state index is -1.87. The number of nitrogens with one attached hydrogen (secondary N) is 1. The summed E-state index contributed by atoms with van der Waals surface area (Å²) in [5, 5.41) is 2.61. The molecule has 3 rings (SSSR count). The molecule has 0 unspecified atom stereocenters. The number of alkyl halides is 1. The number of amidine groups is 1. The molecule has 2 aromatic rings. The highest BCUT2D eigenvalue weighted by Crippen LogP contribution is 2.40. The molecule has 1 aliphatic rings. The number of hydrogen-bond donors (Lipinski definition) is 2. The Morgan fingerprint density at radius 3 is 2.89 bits per heavy atom. The van der Waals surface area contributed by atoms with Crippen molar-refractivity contribution in [3.05, 3.63) is 47.8 Å². The summed E-state index contributed by atoms with van der Waals surface area (Å²) in [6.45, 7) is 1.73. The lowest BCUT2D eigenvalue weighted by Gasteiger charge is -2.35. The molecular weight excluding hydrogens is 352 g/mol. The molecule has 27 heavy (non-hydrogen) atoms. The lowest BCUT2D eigenvalue weighted by atomic mass is 9.79. The van der Waals surface area contributed by atoms with E-state index in [2.05, 4.69) is 21.2 Å². The van der Waals surface area contributed by atoms with Gasteiger partial charge in [0.25, 0.3) is 5.91 Å². The van der Waals surface area contributed by atoms with Crippen molar-refractivity contribution in [1.29, 1.82) is 0 Å². The standard InChI is InChI=1S/C19H19F2N5O/c1-4-19(15(21)9-11(2)16(22)25-19)13-10-12(5-6-14(13)20)24-18(27)17-23-7-8-26(17)3/h1,5-8,10-11,15H,9H2,2-3H3,(H2,22,25)(H,24,27)/t11-,15-,19+/m0/s1. The molecule has 6 nitrogen and oxygen atoms in total. The second-order valence-electron chi connectivity index (χ2n) is 6.56. The minimum absolute atomic E-state index is 0.0306. The second-order valence-corrected chi connectivity index (χ2v) is 6.56. The van der Waals surface area contributed by atoms with Gasteiger partial charge in [-0.3, -0.25) is 4.79 Å². The van der Waals surface area contributed by atoms with Crippen molar-refractivity contribution in [2.45, 2.75) is 25.1 Å². The zero-order chi connectivity index (χ0) is 19.8. The van der Waals surface area contributed by atoms with Crippen molar-refractivity contribution < 1.29 is 13.6 Å². The number of carbonyl (C=O) groups is 1. The summed E-state index contributed by atoms with van der Waals surface area (Å²) in [5.41, 5.74) is 4.09. The molecule has 0 spiro atoms. The number of terminal acetylenes is 1. The Bertz CT molecular complexity index is 961. The summed E-state index contributed by atoms with van der Waals surface area (Å²) < 4.78 is 31.0. The van der Waals surface area contributed by atoms with Gasteiger partial charge in [-0.2, -0.15) is 0 Å². The maximum atomic E-state index is 14.9. The predicted molar refractivity (Wildman–Crippen MR) is 98.4 cm³/mol. The van der Waals surface area contributed by atoms with Crippen molar-refractivity contribution >= 4 is 17.4 Å². The quantitative estimate of drug-likeness (QED) is 0.813. The average Bonchev–Trinajstić information content (AvgIpc) is 3.06. The Balaban J connectivity index is 2.02. The molecule has 0 saturated carbocycles. The second kappa shape index (κ2) is 6.83. The Morgan fingerprint density at radius 1 is 1.52 bits per heavy atom. The monoisotopic (exact) mass is 371 g/mol. The van der Waals surface area contributed by atoms with Gasteiger partial charge in [0.1, 0.15) is 12.0 Å². The van der Waals surface area contributed by atoms with Gasteiger partial charge in [0, 0.05) is 36.6 Å². The Morgan fingerprint density at radius 2 is 2.26 bits per heavy atom.